The zero-order chi connectivity index (χ0) is 20.9. The number of carbonyl (C=O) groups excluding carboxylic acids is 2. The van der Waals surface area contributed by atoms with Gasteiger partial charge in [-0.1, -0.05) is 18.2 Å². The van der Waals surface area contributed by atoms with Gasteiger partial charge in [-0.25, -0.2) is 8.42 Å². The Morgan fingerprint density at radius 3 is 2.14 bits per heavy atom. The molecule has 2 rings (SSSR count). The van der Waals surface area contributed by atoms with Crippen LogP contribution in [0.15, 0.2) is 59.5 Å². The highest BCUT2D eigenvalue weighted by atomic mass is 32.2. The van der Waals surface area contributed by atoms with E-state index in [1.54, 1.807) is 30.3 Å². The minimum Gasteiger partial charge on any atom is -0.452 e. The Bertz CT molecular complexity index is 973. The van der Waals surface area contributed by atoms with Gasteiger partial charge in [0.1, 0.15) is 0 Å². The van der Waals surface area contributed by atoms with Crippen molar-refractivity contribution >= 4 is 33.1 Å². The molecule has 0 saturated heterocycles. The Morgan fingerprint density at radius 1 is 1.04 bits per heavy atom. The highest BCUT2D eigenvalue weighted by molar-refractivity contribution is 7.92. The summed E-state index contributed by atoms with van der Waals surface area (Å²) >= 11 is 0. The van der Waals surface area contributed by atoms with Gasteiger partial charge in [-0.2, -0.15) is 0 Å². The first-order valence-electron chi connectivity index (χ1n) is 8.17. The van der Waals surface area contributed by atoms with E-state index in [0.717, 1.165) is 31.2 Å². The van der Waals surface area contributed by atoms with Crippen molar-refractivity contribution in [2.45, 2.75) is 30.1 Å². The van der Waals surface area contributed by atoms with Gasteiger partial charge in [0.25, 0.3) is 11.6 Å². The van der Waals surface area contributed by atoms with Crippen molar-refractivity contribution in [1.82, 2.24) is 0 Å². The largest absolute Gasteiger partial charge is 0.452 e. The maximum absolute atomic E-state index is 12.5. The predicted octanol–water partition coefficient (Wildman–Crippen LogP) is 2.33. The topological polar surface area (TPSA) is 133 Å². The van der Waals surface area contributed by atoms with Crippen molar-refractivity contribution in [1.29, 1.82) is 0 Å². The van der Waals surface area contributed by atoms with E-state index in [-0.39, 0.29) is 10.6 Å². The molecule has 0 aliphatic heterocycles. The van der Waals surface area contributed by atoms with Gasteiger partial charge in [0.15, 0.2) is 21.2 Å². The van der Waals surface area contributed by atoms with Crippen molar-refractivity contribution in [2.24, 2.45) is 0 Å². The van der Waals surface area contributed by atoms with E-state index in [9.17, 15) is 28.1 Å². The standard InChI is InChI=1S/C18H18N2O7S/c1-12(17(21)19-14-6-4-3-5-7-14)27-18(22)13(2)28(25,26)16-10-8-15(9-11-16)20(23)24/h3-13H,1-2H3,(H,19,21)/t12-,13-/m0/s1. The van der Waals surface area contributed by atoms with Gasteiger partial charge in [0.05, 0.1) is 9.82 Å². The molecule has 2 aromatic rings. The molecule has 0 bridgehead atoms. The fraction of sp³-hybridized carbons (Fsp3) is 0.222. The molecule has 1 N–H and O–H groups in total. The molecule has 148 valence electrons. The number of para-hydroxylation sites is 1. The van der Waals surface area contributed by atoms with Crippen LogP contribution >= 0.6 is 0 Å². The lowest BCUT2D eigenvalue weighted by atomic mass is 10.3. The third-order valence-electron chi connectivity index (χ3n) is 3.88. The molecule has 0 fully saturated rings. The predicted molar refractivity (Wildman–Crippen MR) is 100 cm³/mol. The summed E-state index contributed by atoms with van der Waals surface area (Å²) in [4.78, 5) is 34.0. The molecule has 2 aromatic carbocycles. The lowest BCUT2D eigenvalue weighted by Gasteiger charge is -2.17. The third kappa shape index (κ3) is 4.92. The Kier molecular flexibility index (Phi) is 6.47. The minimum absolute atomic E-state index is 0.260. The molecular weight excluding hydrogens is 388 g/mol. The molecule has 10 heteroatoms. The summed E-state index contributed by atoms with van der Waals surface area (Å²) in [6.45, 7) is 2.45. The number of carbonyl (C=O) groups is 2. The first-order valence-corrected chi connectivity index (χ1v) is 9.72. The highest BCUT2D eigenvalue weighted by Crippen LogP contribution is 2.21. The Hall–Kier alpha value is -3.27. The molecule has 1 amide bonds. The number of nitrogens with one attached hydrogen (secondary N) is 1. The van der Waals surface area contributed by atoms with Crippen molar-refractivity contribution in [3.05, 3.63) is 64.7 Å². The molecule has 0 spiro atoms. The van der Waals surface area contributed by atoms with Crippen LogP contribution in [-0.2, 0) is 24.2 Å². The van der Waals surface area contributed by atoms with Crippen molar-refractivity contribution < 1.29 is 27.7 Å². The van der Waals surface area contributed by atoms with Crippen LogP contribution in [0.25, 0.3) is 0 Å². The van der Waals surface area contributed by atoms with E-state index in [1.807, 2.05) is 0 Å². The smallest absolute Gasteiger partial charge is 0.325 e. The number of hydrogen-bond acceptors (Lipinski definition) is 7. The zero-order valence-corrected chi connectivity index (χ0v) is 15.9. The highest BCUT2D eigenvalue weighted by Gasteiger charge is 2.33. The Morgan fingerprint density at radius 2 is 1.61 bits per heavy atom. The number of nitrogens with zero attached hydrogens (tertiary/aromatic N) is 1. The molecule has 0 radical (unpaired) electrons. The molecule has 0 aliphatic rings. The van der Waals surface area contributed by atoms with Crippen LogP contribution in [0, 0.1) is 10.1 Å². The van der Waals surface area contributed by atoms with Crippen LogP contribution in [-0.4, -0.2) is 36.6 Å². The number of anilines is 1. The number of non-ortho nitro benzene ring substituents is 1. The summed E-state index contributed by atoms with van der Waals surface area (Å²) in [7, 11) is -4.14. The van der Waals surface area contributed by atoms with E-state index >= 15 is 0 Å². The second-order valence-corrected chi connectivity index (χ2v) is 8.14. The molecule has 0 heterocycles. The molecule has 2 atom stereocenters. The van der Waals surface area contributed by atoms with Gasteiger partial charge in [-0.05, 0) is 38.1 Å². The Labute approximate surface area is 161 Å². The fourth-order valence-corrected chi connectivity index (χ4v) is 3.41. The molecule has 0 aliphatic carbocycles. The summed E-state index contributed by atoms with van der Waals surface area (Å²) in [5.74, 6) is -1.71. The van der Waals surface area contributed by atoms with Gasteiger partial charge in [0.2, 0.25) is 0 Å². The summed E-state index contributed by atoms with van der Waals surface area (Å²) in [5, 5.41) is 11.6. The van der Waals surface area contributed by atoms with Crippen LogP contribution in [0.1, 0.15) is 13.8 Å². The first-order chi connectivity index (χ1) is 13.1. The number of nitro benzene ring substituents is 1. The molecule has 0 aromatic heterocycles. The van der Waals surface area contributed by atoms with Gasteiger partial charge in [-0.15, -0.1) is 0 Å². The van der Waals surface area contributed by atoms with E-state index in [0.29, 0.717) is 5.69 Å². The molecular formula is C18H18N2O7S. The Balaban J connectivity index is 2.05. The molecule has 28 heavy (non-hydrogen) atoms. The molecule has 0 saturated carbocycles. The van der Waals surface area contributed by atoms with Gasteiger partial charge in [0, 0.05) is 17.8 Å². The third-order valence-corrected chi connectivity index (χ3v) is 5.93. The quantitative estimate of drug-likeness (QED) is 0.424. The van der Waals surface area contributed by atoms with E-state index in [2.05, 4.69) is 5.32 Å². The molecule has 9 nitrogen and oxygen atoms in total. The number of hydrogen-bond donors (Lipinski definition) is 1. The zero-order valence-electron chi connectivity index (χ0n) is 15.1. The summed E-state index contributed by atoms with van der Waals surface area (Å²) in [5.41, 5.74) is 0.224. The maximum Gasteiger partial charge on any atom is 0.325 e. The first kappa shape index (κ1) is 21.0. The summed E-state index contributed by atoms with van der Waals surface area (Å²) < 4.78 is 30.0. The van der Waals surface area contributed by atoms with Gasteiger partial charge < -0.3 is 10.1 Å². The molecule has 0 unspecified atom stereocenters. The van der Waals surface area contributed by atoms with Crippen LogP contribution in [0.4, 0.5) is 11.4 Å². The maximum atomic E-state index is 12.5. The van der Waals surface area contributed by atoms with Crippen LogP contribution < -0.4 is 5.32 Å². The minimum atomic E-state index is -4.14. The number of ether oxygens (including phenoxy) is 1. The summed E-state index contributed by atoms with van der Waals surface area (Å²) in [6, 6.07) is 12.6. The second-order valence-electron chi connectivity index (χ2n) is 5.87. The number of sulfone groups is 1. The average Bonchev–Trinajstić information content (AvgIpc) is 2.68. The summed E-state index contributed by atoms with van der Waals surface area (Å²) in [6.07, 6.45) is -1.22. The lowest BCUT2D eigenvalue weighted by Crippen LogP contribution is -2.36. The normalized spacial score (nSPS) is 13.2. The fourth-order valence-electron chi connectivity index (χ4n) is 2.18. The number of rotatable bonds is 7. The van der Waals surface area contributed by atoms with E-state index in [4.69, 9.17) is 4.74 Å². The van der Waals surface area contributed by atoms with Crippen molar-refractivity contribution in [2.75, 3.05) is 5.32 Å². The van der Waals surface area contributed by atoms with Crippen LogP contribution in [0.5, 0.6) is 0 Å². The van der Waals surface area contributed by atoms with Crippen molar-refractivity contribution in [3.63, 3.8) is 0 Å². The number of amides is 1. The van der Waals surface area contributed by atoms with Crippen LogP contribution in [0.3, 0.4) is 0 Å². The van der Waals surface area contributed by atoms with Gasteiger partial charge in [-0.3, -0.25) is 19.7 Å². The van der Waals surface area contributed by atoms with E-state index in [1.165, 1.54) is 6.92 Å². The second kappa shape index (κ2) is 8.61. The van der Waals surface area contributed by atoms with Gasteiger partial charge >= 0.3 is 5.97 Å². The number of nitro groups is 1. The van der Waals surface area contributed by atoms with E-state index < -0.39 is 38.0 Å². The van der Waals surface area contributed by atoms with Crippen LogP contribution in [0.2, 0.25) is 0 Å². The van der Waals surface area contributed by atoms with Crippen molar-refractivity contribution in [3.8, 4) is 0 Å². The lowest BCUT2D eigenvalue weighted by molar-refractivity contribution is -0.384. The monoisotopic (exact) mass is 406 g/mol. The number of benzene rings is 2. The SMILES string of the molecule is C[C@H](OC(=O)[C@H](C)S(=O)(=O)c1ccc([N+](=O)[O-])cc1)C(=O)Nc1ccccc1. The number of esters is 1. The average molecular weight is 406 g/mol.